The lowest BCUT2D eigenvalue weighted by atomic mass is 9.95. The van der Waals surface area contributed by atoms with Crippen LogP contribution in [-0.4, -0.2) is 0 Å². The van der Waals surface area contributed by atoms with Gasteiger partial charge in [0.25, 0.3) is 0 Å². The number of benzene rings is 3. The molecule has 0 spiro atoms. The van der Waals surface area contributed by atoms with E-state index in [2.05, 4.69) is 88.7 Å². The minimum Gasteiger partial charge on any atom is -0.115 e. The Hall–Kier alpha value is -3.30. The number of hydrogen-bond acceptors (Lipinski definition) is 0. The van der Waals surface area contributed by atoms with E-state index in [0.29, 0.717) is 0 Å². The van der Waals surface area contributed by atoms with Crippen LogP contribution in [0.4, 0.5) is 0 Å². The Morgan fingerprint density at radius 2 is 1.39 bits per heavy atom. The number of rotatable bonds is 3. The third kappa shape index (κ3) is 8.15. The molecule has 0 radical (unpaired) electrons. The molecule has 3 rings (SSSR count). The van der Waals surface area contributed by atoms with Crippen LogP contribution in [-0.2, 0) is 0 Å². The molecule has 0 N–H and O–H groups in total. The van der Waals surface area contributed by atoms with Gasteiger partial charge in [-0.2, -0.15) is 0 Å². The zero-order valence-electron chi connectivity index (χ0n) is 20.2. The summed E-state index contributed by atoms with van der Waals surface area (Å²) in [5, 5.41) is 0. The smallest absolute Gasteiger partial charge is 0.0315 e. The Balaban J connectivity index is 0.000000288. The van der Waals surface area contributed by atoms with Gasteiger partial charge < -0.3 is 0 Å². The van der Waals surface area contributed by atoms with Crippen LogP contribution in [0, 0.1) is 40.0 Å². The zero-order chi connectivity index (χ0) is 23.4. The molecule has 0 amide bonds. The summed E-state index contributed by atoms with van der Waals surface area (Å²) in [6.07, 6.45) is 9.37. The molecule has 0 aliphatic carbocycles. The molecule has 31 heavy (non-hydrogen) atoms. The first-order chi connectivity index (χ1) is 14.8. The van der Waals surface area contributed by atoms with Crippen molar-refractivity contribution in [1.82, 2.24) is 0 Å². The van der Waals surface area contributed by atoms with Crippen LogP contribution in [0.25, 0.3) is 17.2 Å². The SMILES string of the molecule is C#Cc1ccc(C)cc1/C=C\C(=C)C.CC.Cc1ccc(C)c(-c2ccccc2C)c1. The molecule has 0 aliphatic rings. The van der Waals surface area contributed by atoms with E-state index in [1.54, 1.807) is 0 Å². The Labute approximate surface area is 190 Å². The molecule has 3 aromatic carbocycles. The molecule has 0 saturated carbocycles. The van der Waals surface area contributed by atoms with Gasteiger partial charge >= 0.3 is 0 Å². The molecule has 3 aromatic rings. The minimum absolute atomic E-state index is 0.924. The van der Waals surface area contributed by atoms with Gasteiger partial charge in [0, 0.05) is 5.56 Å². The van der Waals surface area contributed by atoms with Gasteiger partial charge in [-0.25, -0.2) is 0 Å². The van der Waals surface area contributed by atoms with Crippen LogP contribution in [0.3, 0.4) is 0 Å². The van der Waals surface area contributed by atoms with Gasteiger partial charge in [0.15, 0.2) is 0 Å². The summed E-state index contributed by atoms with van der Waals surface area (Å²) < 4.78 is 0. The summed E-state index contributed by atoms with van der Waals surface area (Å²) in [5.74, 6) is 2.67. The fourth-order valence-electron chi connectivity index (χ4n) is 3.08. The standard InChI is InChI=1S/C15H16.C14H14.C2H6/c1-11-8-9-13(3)15(10-11)14-7-5-4-6-12(14)2;1-5-13-9-7-12(4)10-14(13)8-6-11(2)3;1-2/h4-10H,1-3H3;1,6-10H,2H2,3-4H3;1-2H3/b;8-6-;. The van der Waals surface area contributed by atoms with Gasteiger partial charge in [0.2, 0.25) is 0 Å². The summed E-state index contributed by atoms with van der Waals surface area (Å²) in [7, 11) is 0. The molecule has 0 aliphatic heterocycles. The molecular formula is C31H36. The van der Waals surface area contributed by atoms with Crippen molar-refractivity contribution in [3.8, 4) is 23.5 Å². The zero-order valence-corrected chi connectivity index (χ0v) is 20.2. The summed E-state index contributed by atoms with van der Waals surface area (Å²) >= 11 is 0. The first-order valence-electron chi connectivity index (χ1n) is 10.9. The van der Waals surface area contributed by atoms with Crippen LogP contribution in [0.15, 0.2) is 78.9 Å². The quantitative estimate of drug-likeness (QED) is 0.300. The third-order valence-corrected chi connectivity index (χ3v) is 4.74. The maximum atomic E-state index is 5.40. The lowest BCUT2D eigenvalue weighted by Crippen LogP contribution is -1.87. The van der Waals surface area contributed by atoms with Crippen LogP contribution in [0.2, 0.25) is 0 Å². The first-order valence-corrected chi connectivity index (χ1v) is 10.9. The van der Waals surface area contributed by atoms with E-state index in [1.807, 2.05) is 45.1 Å². The number of allylic oxidation sites excluding steroid dienone is 2. The van der Waals surface area contributed by atoms with Crippen LogP contribution in [0.5, 0.6) is 0 Å². The van der Waals surface area contributed by atoms with Crippen molar-refractivity contribution in [3.05, 3.63) is 112 Å². The van der Waals surface area contributed by atoms with Gasteiger partial charge in [-0.3, -0.25) is 0 Å². The second-order valence-corrected chi connectivity index (χ2v) is 7.55. The molecule has 0 fully saturated rings. The Morgan fingerprint density at radius 3 is 2.00 bits per heavy atom. The van der Waals surface area contributed by atoms with Gasteiger partial charge in [0.1, 0.15) is 0 Å². The van der Waals surface area contributed by atoms with Crippen LogP contribution >= 0.6 is 0 Å². The van der Waals surface area contributed by atoms with Crippen molar-refractivity contribution in [2.75, 3.05) is 0 Å². The fraction of sp³-hybridized carbons (Fsp3) is 0.226. The monoisotopic (exact) mass is 408 g/mol. The predicted molar refractivity (Wildman–Crippen MR) is 140 cm³/mol. The molecule has 0 atom stereocenters. The van der Waals surface area contributed by atoms with Crippen molar-refractivity contribution < 1.29 is 0 Å². The van der Waals surface area contributed by atoms with Gasteiger partial charge in [-0.1, -0.05) is 110 Å². The van der Waals surface area contributed by atoms with Gasteiger partial charge in [-0.05, 0) is 68.5 Å². The average molecular weight is 409 g/mol. The molecule has 0 nitrogen and oxygen atoms in total. The molecule has 0 unspecified atom stereocenters. The summed E-state index contributed by atoms with van der Waals surface area (Å²) in [4.78, 5) is 0. The molecule has 160 valence electrons. The second kappa shape index (κ2) is 13.1. The van der Waals surface area contributed by atoms with E-state index in [0.717, 1.165) is 16.7 Å². The van der Waals surface area contributed by atoms with E-state index < -0.39 is 0 Å². The van der Waals surface area contributed by atoms with Gasteiger partial charge in [0.05, 0.1) is 0 Å². The highest BCUT2D eigenvalue weighted by molar-refractivity contribution is 5.70. The number of hydrogen-bond donors (Lipinski definition) is 0. The highest BCUT2D eigenvalue weighted by Gasteiger charge is 2.04. The first kappa shape index (κ1) is 25.7. The molecule has 0 heteroatoms. The van der Waals surface area contributed by atoms with E-state index in [-0.39, 0.29) is 0 Å². The number of terminal acetylenes is 1. The lowest BCUT2D eigenvalue weighted by Gasteiger charge is -2.09. The normalized spacial score (nSPS) is 9.74. The van der Waals surface area contributed by atoms with E-state index >= 15 is 0 Å². The summed E-state index contributed by atoms with van der Waals surface area (Å²) in [6, 6.07) is 21.2. The van der Waals surface area contributed by atoms with Crippen molar-refractivity contribution in [2.45, 2.75) is 48.5 Å². The highest BCUT2D eigenvalue weighted by Crippen LogP contribution is 2.27. The highest BCUT2D eigenvalue weighted by atomic mass is 14.1. The predicted octanol–water partition coefficient (Wildman–Crippen LogP) is 8.87. The lowest BCUT2D eigenvalue weighted by molar-refractivity contribution is 1.37. The molecule has 0 aromatic heterocycles. The Bertz CT molecular complexity index is 1070. The molecule has 0 saturated heterocycles. The maximum Gasteiger partial charge on any atom is 0.0315 e. The van der Waals surface area contributed by atoms with Crippen molar-refractivity contribution in [3.63, 3.8) is 0 Å². The summed E-state index contributed by atoms with van der Waals surface area (Å²) in [5.41, 5.74) is 10.9. The third-order valence-electron chi connectivity index (χ3n) is 4.74. The van der Waals surface area contributed by atoms with E-state index in [4.69, 9.17) is 6.42 Å². The fourth-order valence-corrected chi connectivity index (χ4v) is 3.08. The van der Waals surface area contributed by atoms with E-state index in [1.165, 1.54) is 33.4 Å². The molecular weight excluding hydrogens is 372 g/mol. The number of aryl methyl sites for hydroxylation is 4. The Morgan fingerprint density at radius 1 is 0.806 bits per heavy atom. The van der Waals surface area contributed by atoms with Crippen molar-refractivity contribution in [2.24, 2.45) is 0 Å². The maximum absolute atomic E-state index is 5.40. The van der Waals surface area contributed by atoms with Gasteiger partial charge in [-0.15, -0.1) is 6.42 Å². The average Bonchev–Trinajstić information content (AvgIpc) is 2.76. The van der Waals surface area contributed by atoms with Crippen LogP contribution < -0.4 is 0 Å². The topological polar surface area (TPSA) is 0 Å². The van der Waals surface area contributed by atoms with Crippen molar-refractivity contribution >= 4 is 6.08 Å². The largest absolute Gasteiger partial charge is 0.115 e. The second-order valence-electron chi connectivity index (χ2n) is 7.55. The van der Waals surface area contributed by atoms with E-state index in [9.17, 15) is 0 Å². The van der Waals surface area contributed by atoms with Crippen molar-refractivity contribution in [1.29, 1.82) is 0 Å². The summed E-state index contributed by atoms with van der Waals surface area (Å²) in [6.45, 7) is 18.3. The Kier molecular flexibility index (Phi) is 10.9. The van der Waals surface area contributed by atoms with Crippen LogP contribution in [0.1, 0.15) is 54.2 Å². The molecule has 0 bridgehead atoms. The molecule has 0 heterocycles. The minimum atomic E-state index is 0.924.